The van der Waals surface area contributed by atoms with E-state index in [9.17, 15) is 4.79 Å². The van der Waals surface area contributed by atoms with E-state index in [1.807, 2.05) is 55.1 Å². The first-order valence-electron chi connectivity index (χ1n) is 6.24. The highest BCUT2D eigenvalue weighted by Gasteiger charge is 2.21. The lowest BCUT2D eigenvalue weighted by Gasteiger charge is -2.25. The second-order valence-electron chi connectivity index (χ2n) is 4.80. The largest absolute Gasteiger partial charge is 0.345 e. The fraction of sp³-hybridized carbons (Fsp3) is 0.267. The Kier molecular flexibility index (Phi) is 4.55. The Bertz CT molecular complexity index is 639. The van der Waals surface area contributed by atoms with Crippen molar-refractivity contribution in [2.24, 2.45) is 7.05 Å². The van der Waals surface area contributed by atoms with E-state index in [2.05, 4.69) is 15.9 Å². The van der Waals surface area contributed by atoms with Gasteiger partial charge >= 0.3 is 0 Å². The highest BCUT2D eigenvalue weighted by Crippen LogP contribution is 2.24. The second kappa shape index (κ2) is 6.02. The molecule has 0 saturated carbocycles. The summed E-state index contributed by atoms with van der Waals surface area (Å²) in [6.07, 6.45) is 1.87. The number of carbonyl (C=O) groups is 1. The molecule has 1 heterocycles. The standard InChI is InChI=1S/C15H16BrClN2O/c1-10(11-5-4-6-13(17)7-11)19(3)15(20)14-8-12(16)9-18(14)2/h4-10H,1-3H3. The summed E-state index contributed by atoms with van der Waals surface area (Å²) in [6.45, 7) is 1.99. The third kappa shape index (κ3) is 3.07. The van der Waals surface area contributed by atoms with E-state index in [0.29, 0.717) is 10.7 Å². The molecule has 0 bridgehead atoms. The van der Waals surface area contributed by atoms with Crippen LogP contribution in [0.5, 0.6) is 0 Å². The van der Waals surface area contributed by atoms with E-state index in [1.54, 1.807) is 11.9 Å². The summed E-state index contributed by atoms with van der Waals surface area (Å²) >= 11 is 9.39. The number of hydrogen-bond donors (Lipinski definition) is 0. The van der Waals surface area contributed by atoms with Crippen molar-refractivity contribution >= 4 is 33.4 Å². The van der Waals surface area contributed by atoms with Crippen molar-refractivity contribution in [2.45, 2.75) is 13.0 Å². The van der Waals surface area contributed by atoms with E-state index in [-0.39, 0.29) is 11.9 Å². The molecular weight excluding hydrogens is 340 g/mol. The molecule has 1 aromatic carbocycles. The zero-order valence-electron chi connectivity index (χ0n) is 11.6. The van der Waals surface area contributed by atoms with E-state index in [1.165, 1.54) is 0 Å². The van der Waals surface area contributed by atoms with E-state index in [0.717, 1.165) is 10.0 Å². The van der Waals surface area contributed by atoms with Crippen molar-refractivity contribution in [3.63, 3.8) is 0 Å². The SMILES string of the molecule is CC(c1cccc(Cl)c1)N(C)C(=O)c1cc(Br)cn1C. The predicted molar refractivity (Wildman–Crippen MR) is 85.1 cm³/mol. The van der Waals surface area contributed by atoms with Crippen molar-refractivity contribution < 1.29 is 4.79 Å². The van der Waals surface area contributed by atoms with Crippen molar-refractivity contribution in [3.8, 4) is 0 Å². The van der Waals surface area contributed by atoms with Gasteiger partial charge in [-0.3, -0.25) is 4.79 Å². The first-order valence-corrected chi connectivity index (χ1v) is 7.41. The van der Waals surface area contributed by atoms with Gasteiger partial charge < -0.3 is 9.47 Å². The first-order chi connectivity index (χ1) is 9.40. The fourth-order valence-electron chi connectivity index (χ4n) is 2.08. The van der Waals surface area contributed by atoms with E-state index in [4.69, 9.17) is 11.6 Å². The summed E-state index contributed by atoms with van der Waals surface area (Å²) < 4.78 is 2.71. The summed E-state index contributed by atoms with van der Waals surface area (Å²) in [5.74, 6) is -0.0225. The van der Waals surface area contributed by atoms with Crippen molar-refractivity contribution in [3.05, 3.63) is 57.3 Å². The third-order valence-electron chi connectivity index (χ3n) is 3.42. The van der Waals surface area contributed by atoms with Crippen LogP contribution in [0.25, 0.3) is 0 Å². The Labute approximate surface area is 132 Å². The van der Waals surface area contributed by atoms with Gasteiger partial charge in [-0.25, -0.2) is 0 Å². The molecular formula is C15H16BrClN2O. The molecule has 1 unspecified atom stereocenters. The molecule has 1 amide bonds. The van der Waals surface area contributed by atoms with Crippen molar-refractivity contribution in [1.29, 1.82) is 0 Å². The van der Waals surface area contributed by atoms with Crippen LogP contribution in [-0.4, -0.2) is 22.4 Å². The molecule has 0 aliphatic heterocycles. The quantitative estimate of drug-likeness (QED) is 0.807. The van der Waals surface area contributed by atoms with Gasteiger partial charge in [-0.05, 0) is 46.6 Å². The van der Waals surface area contributed by atoms with Gasteiger partial charge in [-0.1, -0.05) is 23.7 Å². The molecule has 0 N–H and O–H groups in total. The Morgan fingerprint density at radius 1 is 1.40 bits per heavy atom. The molecule has 0 aliphatic carbocycles. The topological polar surface area (TPSA) is 25.2 Å². The zero-order chi connectivity index (χ0) is 14.9. The monoisotopic (exact) mass is 354 g/mol. The van der Waals surface area contributed by atoms with Gasteiger partial charge in [0.2, 0.25) is 0 Å². The van der Waals surface area contributed by atoms with Crippen LogP contribution in [0.2, 0.25) is 5.02 Å². The van der Waals surface area contributed by atoms with E-state index >= 15 is 0 Å². The van der Waals surface area contributed by atoms with Gasteiger partial charge in [0.1, 0.15) is 5.69 Å². The lowest BCUT2D eigenvalue weighted by Crippen LogP contribution is -2.30. The number of carbonyl (C=O) groups excluding carboxylic acids is 1. The summed E-state index contributed by atoms with van der Waals surface area (Å²) in [7, 11) is 3.66. The van der Waals surface area contributed by atoms with Crippen LogP contribution in [0, 0.1) is 0 Å². The molecule has 0 aliphatic rings. The Hall–Kier alpha value is -1.26. The molecule has 1 atom stereocenters. The van der Waals surface area contributed by atoms with Gasteiger partial charge in [0.05, 0.1) is 6.04 Å². The molecule has 0 fully saturated rings. The summed E-state index contributed by atoms with van der Waals surface area (Å²) in [5, 5.41) is 0.678. The molecule has 20 heavy (non-hydrogen) atoms. The number of halogens is 2. The number of nitrogens with zero attached hydrogens (tertiary/aromatic N) is 2. The first kappa shape index (κ1) is 15.1. The van der Waals surface area contributed by atoms with Crippen LogP contribution in [0.4, 0.5) is 0 Å². The highest BCUT2D eigenvalue weighted by atomic mass is 79.9. The Balaban J connectivity index is 2.24. The number of hydrogen-bond acceptors (Lipinski definition) is 1. The number of amides is 1. The van der Waals surface area contributed by atoms with Gasteiger partial charge in [0.15, 0.2) is 0 Å². The minimum atomic E-state index is -0.0464. The van der Waals surface area contributed by atoms with Gasteiger partial charge in [-0.2, -0.15) is 0 Å². The Morgan fingerprint density at radius 2 is 2.10 bits per heavy atom. The van der Waals surface area contributed by atoms with Crippen LogP contribution < -0.4 is 0 Å². The maximum absolute atomic E-state index is 12.5. The fourth-order valence-corrected chi connectivity index (χ4v) is 2.81. The van der Waals surface area contributed by atoms with Gasteiger partial charge in [-0.15, -0.1) is 0 Å². The lowest BCUT2D eigenvalue weighted by atomic mass is 10.1. The number of rotatable bonds is 3. The van der Waals surface area contributed by atoms with Crippen LogP contribution in [0.15, 0.2) is 41.0 Å². The van der Waals surface area contributed by atoms with Crippen molar-refractivity contribution in [1.82, 2.24) is 9.47 Å². The molecule has 3 nitrogen and oxygen atoms in total. The molecule has 0 spiro atoms. The summed E-state index contributed by atoms with van der Waals surface area (Å²) in [4.78, 5) is 14.2. The molecule has 2 aromatic rings. The number of aryl methyl sites for hydroxylation is 1. The van der Waals surface area contributed by atoms with Crippen LogP contribution in [0.1, 0.15) is 29.0 Å². The lowest BCUT2D eigenvalue weighted by molar-refractivity contribution is 0.0733. The van der Waals surface area contributed by atoms with Gasteiger partial charge in [0.25, 0.3) is 5.91 Å². The van der Waals surface area contributed by atoms with Crippen LogP contribution >= 0.6 is 27.5 Å². The minimum Gasteiger partial charge on any atom is -0.345 e. The second-order valence-corrected chi connectivity index (χ2v) is 6.15. The normalized spacial score (nSPS) is 12.2. The minimum absolute atomic E-state index is 0.0225. The average molecular weight is 356 g/mol. The van der Waals surface area contributed by atoms with E-state index < -0.39 is 0 Å². The molecule has 2 rings (SSSR count). The molecule has 0 saturated heterocycles. The Morgan fingerprint density at radius 3 is 2.65 bits per heavy atom. The molecule has 106 valence electrons. The van der Waals surface area contributed by atoms with Crippen molar-refractivity contribution in [2.75, 3.05) is 7.05 Å². The van der Waals surface area contributed by atoms with Gasteiger partial charge in [0, 0.05) is 29.8 Å². The maximum atomic E-state index is 12.5. The molecule has 5 heteroatoms. The average Bonchev–Trinajstić information content (AvgIpc) is 2.75. The van der Waals surface area contributed by atoms with Crippen LogP contribution in [0.3, 0.4) is 0 Å². The molecule has 1 aromatic heterocycles. The predicted octanol–water partition coefficient (Wildman–Crippen LogP) is 4.27. The third-order valence-corrected chi connectivity index (χ3v) is 4.09. The summed E-state index contributed by atoms with van der Waals surface area (Å²) in [5.41, 5.74) is 1.66. The molecule has 0 radical (unpaired) electrons. The highest BCUT2D eigenvalue weighted by molar-refractivity contribution is 9.10. The number of aromatic nitrogens is 1. The number of benzene rings is 1. The smallest absolute Gasteiger partial charge is 0.270 e. The van der Waals surface area contributed by atoms with Crippen LogP contribution in [-0.2, 0) is 7.05 Å². The maximum Gasteiger partial charge on any atom is 0.270 e. The summed E-state index contributed by atoms with van der Waals surface area (Å²) in [6, 6.07) is 9.36. The zero-order valence-corrected chi connectivity index (χ0v) is 13.9.